The minimum Gasteiger partial charge on any atom is -0.490 e. The van der Waals surface area contributed by atoms with Crippen LogP contribution in [0.4, 0.5) is 0 Å². The van der Waals surface area contributed by atoms with Crippen molar-refractivity contribution in [2.75, 3.05) is 7.11 Å². The van der Waals surface area contributed by atoms with E-state index in [4.69, 9.17) is 9.15 Å². The van der Waals surface area contributed by atoms with E-state index in [1.807, 2.05) is 6.07 Å². The molecule has 0 aliphatic heterocycles. The first-order valence-electron chi connectivity index (χ1n) is 5.54. The maximum Gasteiger partial charge on any atom is 0.287 e. The monoisotopic (exact) mass is 260 g/mol. The molecule has 2 aromatic rings. The molecule has 0 bridgehead atoms. The SMILES string of the molecule is COc1coc(C(=O)NCc2cccnc2)cc1=O. The zero-order valence-corrected chi connectivity index (χ0v) is 10.3. The number of nitrogens with zero attached hydrogens (tertiary/aromatic N) is 1. The van der Waals surface area contributed by atoms with Crippen LogP contribution >= 0.6 is 0 Å². The number of hydrogen-bond acceptors (Lipinski definition) is 5. The number of methoxy groups -OCH3 is 1. The number of ether oxygens (including phenoxy) is 1. The third-order valence-corrected chi connectivity index (χ3v) is 2.42. The molecule has 2 heterocycles. The first-order chi connectivity index (χ1) is 9.20. The van der Waals surface area contributed by atoms with Gasteiger partial charge in [0.15, 0.2) is 5.76 Å². The van der Waals surface area contributed by atoms with Crippen LogP contribution in [0.5, 0.6) is 5.75 Å². The Balaban J connectivity index is 2.04. The Hall–Kier alpha value is -2.63. The maximum absolute atomic E-state index is 11.8. The second-order valence-electron chi connectivity index (χ2n) is 3.72. The molecule has 6 heteroatoms. The van der Waals surface area contributed by atoms with Crippen molar-refractivity contribution in [1.29, 1.82) is 0 Å². The predicted molar refractivity (Wildman–Crippen MR) is 66.9 cm³/mol. The fourth-order valence-electron chi connectivity index (χ4n) is 1.44. The third-order valence-electron chi connectivity index (χ3n) is 2.42. The van der Waals surface area contributed by atoms with E-state index in [2.05, 4.69) is 10.3 Å². The Morgan fingerprint density at radius 2 is 2.37 bits per heavy atom. The van der Waals surface area contributed by atoms with Crippen molar-refractivity contribution in [2.45, 2.75) is 6.54 Å². The zero-order valence-electron chi connectivity index (χ0n) is 10.3. The third kappa shape index (κ3) is 3.19. The van der Waals surface area contributed by atoms with Gasteiger partial charge in [0, 0.05) is 25.0 Å². The number of carbonyl (C=O) groups excluding carboxylic acids is 1. The molecule has 6 nitrogen and oxygen atoms in total. The number of aromatic nitrogens is 1. The number of pyridine rings is 1. The molecule has 1 N–H and O–H groups in total. The van der Waals surface area contributed by atoms with Gasteiger partial charge in [-0.2, -0.15) is 0 Å². The van der Waals surface area contributed by atoms with Gasteiger partial charge in [0.1, 0.15) is 6.26 Å². The smallest absolute Gasteiger partial charge is 0.287 e. The summed E-state index contributed by atoms with van der Waals surface area (Å²) in [6.45, 7) is 0.308. The molecule has 0 aliphatic rings. The Kier molecular flexibility index (Phi) is 3.92. The summed E-state index contributed by atoms with van der Waals surface area (Å²) in [6, 6.07) is 4.70. The largest absolute Gasteiger partial charge is 0.490 e. The Bertz CT molecular complexity index is 622. The molecular formula is C13H12N2O4. The van der Waals surface area contributed by atoms with Crippen LogP contribution in [0.3, 0.4) is 0 Å². The molecule has 1 amide bonds. The molecule has 98 valence electrons. The van der Waals surface area contributed by atoms with Gasteiger partial charge in [-0.1, -0.05) is 6.07 Å². The number of rotatable bonds is 4. The van der Waals surface area contributed by atoms with Gasteiger partial charge in [0.05, 0.1) is 7.11 Å². The molecule has 0 spiro atoms. The number of nitrogens with one attached hydrogen (secondary N) is 1. The fourth-order valence-corrected chi connectivity index (χ4v) is 1.44. The fraction of sp³-hybridized carbons (Fsp3) is 0.154. The van der Waals surface area contributed by atoms with E-state index in [1.54, 1.807) is 18.5 Å². The van der Waals surface area contributed by atoms with E-state index in [0.29, 0.717) is 6.54 Å². The van der Waals surface area contributed by atoms with Crippen LogP contribution < -0.4 is 15.5 Å². The predicted octanol–water partition coefficient (Wildman–Crippen LogP) is 0.973. The highest BCUT2D eigenvalue weighted by Crippen LogP contribution is 2.05. The minimum atomic E-state index is -0.469. The van der Waals surface area contributed by atoms with Gasteiger partial charge < -0.3 is 14.5 Å². The normalized spacial score (nSPS) is 9.95. The summed E-state index contributed by atoms with van der Waals surface area (Å²) < 4.78 is 9.79. The first-order valence-corrected chi connectivity index (χ1v) is 5.54. The van der Waals surface area contributed by atoms with Crippen LogP contribution in [0.2, 0.25) is 0 Å². The summed E-state index contributed by atoms with van der Waals surface area (Å²) in [5.74, 6) is -0.470. The standard InChI is InChI=1S/C13H12N2O4/c1-18-12-8-19-11(5-10(12)16)13(17)15-7-9-3-2-4-14-6-9/h2-6,8H,7H2,1H3,(H,15,17). The van der Waals surface area contributed by atoms with E-state index in [-0.39, 0.29) is 11.5 Å². The van der Waals surface area contributed by atoms with Crippen molar-refractivity contribution in [3.63, 3.8) is 0 Å². The van der Waals surface area contributed by atoms with Crippen LogP contribution in [0, 0.1) is 0 Å². The van der Waals surface area contributed by atoms with Gasteiger partial charge in [-0.15, -0.1) is 0 Å². The number of hydrogen-bond donors (Lipinski definition) is 1. The highest BCUT2D eigenvalue weighted by atomic mass is 16.5. The van der Waals surface area contributed by atoms with Crippen LogP contribution in [0.25, 0.3) is 0 Å². The van der Waals surface area contributed by atoms with Crippen LogP contribution in [-0.2, 0) is 6.54 Å². The van der Waals surface area contributed by atoms with Crippen molar-refractivity contribution in [3.05, 3.63) is 58.4 Å². The van der Waals surface area contributed by atoms with Gasteiger partial charge in [-0.05, 0) is 11.6 Å². The molecule has 0 aromatic carbocycles. The highest BCUT2D eigenvalue weighted by Gasteiger charge is 2.11. The lowest BCUT2D eigenvalue weighted by molar-refractivity contribution is 0.0920. The van der Waals surface area contributed by atoms with Gasteiger partial charge >= 0.3 is 0 Å². The van der Waals surface area contributed by atoms with Crippen molar-refractivity contribution in [2.24, 2.45) is 0 Å². The summed E-state index contributed by atoms with van der Waals surface area (Å²) in [6.07, 6.45) is 4.40. The van der Waals surface area contributed by atoms with E-state index in [9.17, 15) is 9.59 Å². The van der Waals surface area contributed by atoms with E-state index in [1.165, 1.54) is 7.11 Å². The summed E-state index contributed by atoms with van der Waals surface area (Å²) in [5.41, 5.74) is 0.451. The number of amides is 1. The topological polar surface area (TPSA) is 81.4 Å². The van der Waals surface area contributed by atoms with E-state index >= 15 is 0 Å². The second kappa shape index (κ2) is 5.81. The summed E-state index contributed by atoms with van der Waals surface area (Å²) >= 11 is 0. The van der Waals surface area contributed by atoms with Crippen molar-refractivity contribution in [3.8, 4) is 5.75 Å². The second-order valence-corrected chi connectivity index (χ2v) is 3.72. The molecule has 0 saturated carbocycles. The number of carbonyl (C=O) groups is 1. The zero-order chi connectivity index (χ0) is 13.7. The van der Waals surface area contributed by atoms with Crippen LogP contribution in [-0.4, -0.2) is 18.0 Å². The Labute approximate surface area is 109 Å². The van der Waals surface area contributed by atoms with Gasteiger partial charge in [0.25, 0.3) is 5.91 Å². The van der Waals surface area contributed by atoms with Gasteiger partial charge in [-0.25, -0.2) is 0 Å². The Morgan fingerprint density at radius 1 is 1.53 bits per heavy atom. The minimum absolute atomic E-state index is 0.0591. The van der Waals surface area contributed by atoms with Gasteiger partial charge in [-0.3, -0.25) is 14.6 Å². The first kappa shape index (κ1) is 12.8. The van der Waals surface area contributed by atoms with Gasteiger partial charge in [0.2, 0.25) is 11.2 Å². The van der Waals surface area contributed by atoms with Crippen molar-refractivity contribution in [1.82, 2.24) is 10.3 Å². The van der Waals surface area contributed by atoms with E-state index in [0.717, 1.165) is 17.9 Å². The summed E-state index contributed by atoms with van der Waals surface area (Å²) in [4.78, 5) is 27.2. The van der Waals surface area contributed by atoms with Crippen LogP contribution in [0.1, 0.15) is 16.1 Å². The van der Waals surface area contributed by atoms with Crippen molar-refractivity contribution >= 4 is 5.91 Å². The van der Waals surface area contributed by atoms with Crippen LogP contribution in [0.15, 0.2) is 46.1 Å². The molecule has 2 aromatic heterocycles. The molecule has 0 atom stereocenters. The average molecular weight is 260 g/mol. The average Bonchev–Trinajstić information content (AvgIpc) is 2.45. The molecule has 0 fully saturated rings. The molecule has 19 heavy (non-hydrogen) atoms. The summed E-state index contributed by atoms with van der Waals surface area (Å²) in [5, 5.41) is 2.63. The van der Waals surface area contributed by atoms with E-state index < -0.39 is 11.3 Å². The van der Waals surface area contributed by atoms with Crippen molar-refractivity contribution < 1.29 is 13.9 Å². The molecule has 2 rings (SSSR count). The molecule has 0 aliphatic carbocycles. The lowest BCUT2D eigenvalue weighted by Crippen LogP contribution is -2.24. The molecular weight excluding hydrogens is 248 g/mol. The summed E-state index contributed by atoms with van der Waals surface area (Å²) in [7, 11) is 1.36. The Morgan fingerprint density at radius 3 is 3.00 bits per heavy atom. The quantitative estimate of drug-likeness (QED) is 0.886. The molecule has 0 radical (unpaired) electrons. The highest BCUT2D eigenvalue weighted by molar-refractivity contribution is 5.91. The molecule has 0 saturated heterocycles. The lowest BCUT2D eigenvalue weighted by Gasteiger charge is -2.04. The lowest BCUT2D eigenvalue weighted by atomic mass is 10.3. The maximum atomic E-state index is 11.8. The molecule has 0 unspecified atom stereocenters.